The van der Waals surface area contributed by atoms with Crippen LogP contribution < -0.4 is 4.74 Å². The minimum atomic E-state index is -3.53. The van der Waals surface area contributed by atoms with E-state index in [2.05, 4.69) is 10.1 Å². The smallest absolute Gasteiger partial charge is 0.254 e. The van der Waals surface area contributed by atoms with Gasteiger partial charge in [0.25, 0.3) is 5.88 Å². The van der Waals surface area contributed by atoms with Crippen molar-refractivity contribution in [2.75, 3.05) is 7.11 Å². The van der Waals surface area contributed by atoms with Gasteiger partial charge in [0, 0.05) is 12.3 Å². The van der Waals surface area contributed by atoms with E-state index in [1.54, 1.807) is 6.07 Å². The lowest BCUT2D eigenvalue weighted by Gasteiger charge is -2.01. The van der Waals surface area contributed by atoms with E-state index in [0.29, 0.717) is 0 Å². The highest BCUT2D eigenvalue weighted by atomic mass is 32.2. The number of hydrogen-bond donors (Lipinski definition) is 0. The van der Waals surface area contributed by atoms with Crippen LogP contribution in [0.15, 0.2) is 33.9 Å². The first kappa shape index (κ1) is 12.6. The number of methoxy groups -OCH3 is 1. The molecule has 7 heteroatoms. The van der Waals surface area contributed by atoms with Crippen LogP contribution in [0.3, 0.4) is 0 Å². The van der Waals surface area contributed by atoms with Crippen molar-refractivity contribution in [3.63, 3.8) is 0 Å². The molecule has 0 aliphatic rings. The quantitative estimate of drug-likeness (QED) is 0.832. The Hall–Kier alpha value is -1.89. The number of aryl methyl sites for hydroxylation is 1. The Morgan fingerprint density at radius 2 is 2.17 bits per heavy atom. The predicted molar refractivity (Wildman–Crippen MR) is 62.9 cm³/mol. The summed E-state index contributed by atoms with van der Waals surface area (Å²) in [6, 6.07) is 4.60. The van der Waals surface area contributed by atoms with E-state index >= 15 is 0 Å². The normalized spacial score (nSPS) is 11.4. The van der Waals surface area contributed by atoms with Crippen LogP contribution in [0.1, 0.15) is 11.3 Å². The molecule has 2 rings (SSSR count). The molecule has 6 nitrogen and oxygen atoms in total. The van der Waals surface area contributed by atoms with Gasteiger partial charge in [0.05, 0.1) is 7.11 Å². The van der Waals surface area contributed by atoms with Gasteiger partial charge in [0.15, 0.2) is 10.8 Å². The van der Waals surface area contributed by atoms with Crippen molar-refractivity contribution < 1.29 is 17.7 Å². The van der Waals surface area contributed by atoms with Crippen LogP contribution in [0.25, 0.3) is 0 Å². The van der Waals surface area contributed by atoms with Gasteiger partial charge < -0.3 is 9.26 Å². The van der Waals surface area contributed by atoms with E-state index in [1.165, 1.54) is 25.4 Å². The highest BCUT2D eigenvalue weighted by molar-refractivity contribution is 7.90. The van der Waals surface area contributed by atoms with Crippen molar-refractivity contribution in [1.82, 2.24) is 10.1 Å². The summed E-state index contributed by atoms with van der Waals surface area (Å²) >= 11 is 0. The van der Waals surface area contributed by atoms with Crippen LogP contribution in [-0.2, 0) is 15.6 Å². The van der Waals surface area contributed by atoms with E-state index in [-0.39, 0.29) is 22.4 Å². The monoisotopic (exact) mass is 268 g/mol. The second kappa shape index (κ2) is 4.77. The van der Waals surface area contributed by atoms with E-state index in [0.717, 1.165) is 5.56 Å². The summed E-state index contributed by atoms with van der Waals surface area (Å²) in [4.78, 5) is 3.89. The molecule has 18 heavy (non-hydrogen) atoms. The summed E-state index contributed by atoms with van der Waals surface area (Å²) in [5, 5.41) is 3.56. The maximum absolute atomic E-state index is 12.0. The van der Waals surface area contributed by atoms with Crippen LogP contribution in [-0.4, -0.2) is 25.7 Å². The molecule has 2 aromatic rings. The molecule has 0 radical (unpaired) electrons. The van der Waals surface area contributed by atoms with Crippen LogP contribution >= 0.6 is 0 Å². The SMILES string of the molecule is COc1cc(CS(=O)(=O)c2ccc(C)cn2)on1. The van der Waals surface area contributed by atoms with Gasteiger partial charge in [-0.2, -0.15) is 0 Å². The second-order valence-electron chi connectivity index (χ2n) is 3.77. The van der Waals surface area contributed by atoms with Gasteiger partial charge in [0.2, 0.25) is 9.84 Å². The van der Waals surface area contributed by atoms with Crippen LogP contribution in [0.4, 0.5) is 0 Å². The first-order valence-corrected chi connectivity index (χ1v) is 6.81. The lowest BCUT2D eigenvalue weighted by atomic mass is 10.3. The molecule has 0 aliphatic carbocycles. The maximum atomic E-state index is 12.0. The molecule has 0 unspecified atom stereocenters. The largest absolute Gasteiger partial charge is 0.479 e. The molecule has 0 spiro atoms. The summed E-state index contributed by atoms with van der Waals surface area (Å²) < 4.78 is 33.7. The van der Waals surface area contributed by atoms with Crippen LogP contribution in [0, 0.1) is 6.92 Å². The fourth-order valence-electron chi connectivity index (χ4n) is 1.36. The zero-order chi connectivity index (χ0) is 13.2. The van der Waals surface area contributed by atoms with Crippen molar-refractivity contribution in [3.8, 4) is 5.88 Å². The minimum absolute atomic E-state index is 0.0171. The standard InChI is InChI=1S/C11H12N2O4S/c1-8-3-4-11(12-6-8)18(14,15)7-9-5-10(16-2)13-17-9/h3-6H,7H2,1-2H3. The van der Waals surface area contributed by atoms with Crippen molar-refractivity contribution >= 4 is 9.84 Å². The van der Waals surface area contributed by atoms with Gasteiger partial charge in [-0.05, 0) is 23.7 Å². The summed E-state index contributed by atoms with van der Waals surface area (Å²) in [7, 11) is -2.10. The van der Waals surface area contributed by atoms with Crippen molar-refractivity contribution in [3.05, 3.63) is 35.7 Å². The Labute approximate surface area is 105 Å². The topological polar surface area (TPSA) is 82.3 Å². The zero-order valence-corrected chi connectivity index (χ0v) is 10.8. The molecule has 2 heterocycles. The van der Waals surface area contributed by atoms with E-state index in [1.807, 2.05) is 6.92 Å². The summed E-state index contributed by atoms with van der Waals surface area (Å²) in [6.07, 6.45) is 1.51. The van der Waals surface area contributed by atoms with Crippen molar-refractivity contribution in [1.29, 1.82) is 0 Å². The van der Waals surface area contributed by atoms with Crippen LogP contribution in [0.5, 0.6) is 5.88 Å². The van der Waals surface area contributed by atoms with Gasteiger partial charge in [-0.1, -0.05) is 6.07 Å². The number of nitrogens with zero attached hydrogens (tertiary/aromatic N) is 2. The predicted octanol–water partition coefficient (Wildman–Crippen LogP) is 1.36. The Kier molecular flexibility index (Phi) is 3.33. The molecule has 0 saturated carbocycles. The molecular formula is C11H12N2O4S. The van der Waals surface area contributed by atoms with Crippen molar-refractivity contribution in [2.45, 2.75) is 17.7 Å². The average Bonchev–Trinajstić information content (AvgIpc) is 2.76. The average molecular weight is 268 g/mol. The molecular weight excluding hydrogens is 256 g/mol. The van der Waals surface area contributed by atoms with Crippen LogP contribution in [0.2, 0.25) is 0 Å². The van der Waals surface area contributed by atoms with Gasteiger partial charge >= 0.3 is 0 Å². The molecule has 0 aliphatic heterocycles. The van der Waals surface area contributed by atoms with Gasteiger partial charge in [-0.3, -0.25) is 0 Å². The highest BCUT2D eigenvalue weighted by Crippen LogP contribution is 2.17. The molecule has 0 amide bonds. The lowest BCUT2D eigenvalue weighted by Crippen LogP contribution is -2.06. The Morgan fingerprint density at radius 3 is 2.72 bits per heavy atom. The van der Waals surface area contributed by atoms with Gasteiger partial charge in [-0.25, -0.2) is 13.4 Å². The van der Waals surface area contributed by atoms with E-state index < -0.39 is 9.84 Å². The van der Waals surface area contributed by atoms with Gasteiger partial charge in [-0.15, -0.1) is 0 Å². The minimum Gasteiger partial charge on any atom is -0.479 e. The number of sulfone groups is 1. The van der Waals surface area contributed by atoms with E-state index in [4.69, 9.17) is 9.26 Å². The molecule has 0 atom stereocenters. The van der Waals surface area contributed by atoms with Crippen molar-refractivity contribution in [2.24, 2.45) is 0 Å². The molecule has 0 fully saturated rings. The molecule has 2 aromatic heterocycles. The zero-order valence-electron chi connectivity index (χ0n) is 9.95. The molecule has 0 N–H and O–H groups in total. The fourth-order valence-corrected chi connectivity index (χ4v) is 2.50. The fraction of sp³-hybridized carbons (Fsp3) is 0.273. The lowest BCUT2D eigenvalue weighted by molar-refractivity contribution is 0.330. The second-order valence-corrected chi connectivity index (χ2v) is 5.70. The third-order valence-corrected chi connectivity index (χ3v) is 3.82. The highest BCUT2D eigenvalue weighted by Gasteiger charge is 2.19. The number of pyridine rings is 1. The number of ether oxygens (including phenoxy) is 1. The molecule has 0 saturated heterocycles. The number of hydrogen-bond acceptors (Lipinski definition) is 6. The summed E-state index contributed by atoms with van der Waals surface area (Å²) in [5.41, 5.74) is 0.898. The third-order valence-electron chi connectivity index (χ3n) is 2.28. The molecule has 0 bridgehead atoms. The third kappa shape index (κ3) is 2.67. The molecule has 0 aromatic carbocycles. The Bertz CT molecular complexity index is 631. The number of aromatic nitrogens is 2. The van der Waals surface area contributed by atoms with Gasteiger partial charge in [0.1, 0.15) is 5.75 Å². The Balaban J connectivity index is 2.24. The first-order valence-electron chi connectivity index (χ1n) is 5.16. The summed E-state index contributed by atoms with van der Waals surface area (Å²) in [5.74, 6) is 0.172. The first-order chi connectivity index (χ1) is 8.51. The maximum Gasteiger partial charge on any atom is 0.254 e. The molecule has 96 valence electrons. The number of rotatable bonds is 4. The summed E-state index contributed by atoms with van der Waals surface area (Å²) in [6.45, 7) is 1.84. The Morgan fingerprint density at radius 1 is 1.39 bits per heavy atom. The van der Waals surface area contributed by atoms with E-state index in [9.17, 15) is 8.42 Å².